The SMILES string of the molecule is CC1CC(Nc2ccc(F)cc2)c2cc(F)ccc2N1C(N)=O. The van der Waals surface area contributed by atoms with Crippen LogP contribution in [0, 0.1) is 11.6 Å². The van der Waals surface area contributed by atoms with Crippen molar-refractivity contribution >= 4 is 17.4 Å². The average molecular weight is 317 g/mol. The van der Waals surface area contributed by atoms with Crippen LogP contribution in [0.5, 0.6) is 0 Å². The molecule has 3 N–H and O–H groups in total. The summed E-state index contributed by atoms with van der Waals surface area (Å²) in [5.74, 6) is -0.701. The molecule has 2 amide bonds. The van der Waals surface area contributed by atoms with Crippen LogP contribution in [-0.2, 0) is 0 Å². The van der Waals surface area contributed by atoms with Gasteiger partial charge in [-0.25, -0.2) is 13.6 Å². The summed E-state index contributed by atoms with van der Waals surface area (Å²) in [4.78, 5) is 13.2. The van der Waals surface area contributed by atoms with Crippen molar-refractivity contribution < 1.29 is 13.6 Å². The second-order valence-electron chi connectivity index (χ2n) is 5.70. The normalized spacial score (nSPS) is 20.0. The third kappa shape index (κ3) is 2.97. The zero-order valence-electron chi connectivity index (χ0n) is 12.6. The molecule has 2 aromatic rings. The smallest absolute Gasteiger partial charge is 0.319 e. The number of amides is 2. The Hall–Kier alpha value is -2.63. The minimum atomic E-state index is -0.564. The van der Waals surface area contributed by atoms with Crippen LogP contribution in [0.3, 0.4) is 0 Å². The molecular weight excluding hydrogens is 300 g/mol. The number of nitrogens with zero attached hydrogens (tertiary/aromatic N) is 1. The van der Waals surface area contributed by atoms with Crippen molar-refractivity contribution in [2.75, 3.05) is 10.2 Å². The Bertz CT molecular complexity index is 733. The minimum Gasteiger partial charge on any atom is -0.378 e. The van der Waals surface area contributed by atoms with E-state index < -0.39 is 6.03 Å². The van der Waals surface area contributed by atoms with E-state index in [2.05, 4.69) is 5.32 Å². The summed E-state index contributed by atoms with van der Waals surface area (Å²) in [5.41, 5.74) is 7.44. The molecule has 4 nitrogen and oxygen atoms in total. The number of fused-ring (bicyclic) bond motifs is 1. The molecule has 0 radical (unpaired) electrons. The standard InChI is InChI=1S/C17H17F2N3O/c1-10-8-15(21-13-5-2-11(18)3-6-13)14-9-12(19)4-7-16(14)22(10)17(20)23/h2-7,9-10,15,21H,8H2,1H3,(H2,20,23). The van der Waals surface area contributed by atoms with E-state index in [1.54, 1.807) is 18.2 Å². The monoisotopic (exact) mass is 317 g/mol. The summed E-state index contributed by atoms with van der Waals surface area (Å²) < 4.78 is 26.7. The van der Waals surface area contributed by atoms with Crippen LogP contribution < -0.4 is 16.0 Å². The van der Waals surface area contributed by atoms with Crippen LogP contribution in [-0.4, -0.2) is 12.1 Å². The van der Waals surface area contributed by atoms with Crippen molar-refractivity contribution in [3.63, 3.8) is 0 Å². The molecule has 23 heavy (non-hydrogen) atoms. The van der Waals surface area contributed by atoms with E-state index in [0.717, 1.165) is 5.69 Å². The lowest BCUT2D eigenvalue weighted by Gasteiger charge is -2.39. The van der Waals surface area contributed by atoms with E-state index in [4.69, 9.17) is 5.73 Å². The van der Waals surface area contributed by atoms with Gasteiger partial charge in [-0.2, -0.15) is 0 Å². The molecule has 1 aliphatic rings. The average Bonchev–Trinajstić information content (AvgIpc) is 2.49. The van der Waals surface area contributed by atoms with Crippen molar-refractivity contribution in [1.82, 2.24) is 0 Å². The summed E-state index contributed by atoms with van der Waals surface area (Å²) in [6.45, 7) is 1.89. The van der Waals surface area contributed by atoms with Crippen molar-refractivity contribution in [3.8, 4) is 0 Å². The Labute approximate surface area is 132 Å². The molecule has 0 fully saturated rings. The van der Waals surface area contributed by atoms with Crippen LogP contribution >= 0.6 is 0 Å². The first kappa shape index (κ1) is 15.3. The predicted molar refractivity (Wildman–Crippen MR) is 85.3 cm³/mol. The fourth-order valence-electron chi connectivity index (χ4n) is 3.05. The Morgan fingerprint density at radius 3 is 2.48 bits per heavy atom. The van der Waals surface area contributed by atoms with Crippen molar-refractivity contribution in [1.29, 1.82) is 0 Å². The number of nitrogens with one attached hydrogen (secondary N) is 1. The summed E-state index contributed by atoms with van der Waals surface area (Å²) in [5, 5.41) is 3.27. The number of hydrogen-bond acceptors (Lipinski definition) is 2. The fraction of sp³-hybridized carbons (Fsp3) is 0.235. The zero-order valence-corrected chi connectivity index (χ0v) is 12.6. The highest BCUT2D eigenvalue weighted by atomic mass is 19.1. The second-order valence-corrected chi connectivity index (χ2v) is 5.70. The molecule has 1 heterocycles. The lowest BCUT2D eigenvalue weighted by Crippen LogP contribution is -2.47. The van der Waals surface area contributed by atoms with E-state index in [0.29, 0.717) is 17.7 Å². The fourth-order valence-corrected chi connectivity index (χ4v) is 3.05. The Kier molecular flexibility index (Phi) is 3.90. The van der Waals surface area contributed by atoms with Gasteiger partial charge in [-0.15, -0.1) is 0 Å². The van der Waals surface area contributed by atoms with E-state index >= 15 is 0 Å². The maximum absolute atomic E-state index is 13.7. The highest BCUT2D eigenvalue weighted by Crippen LogP contribution is 2.39. The van der Waals surface area contributed by atoms with Gasteiger partial charge in [0, 0.05) is 17.3 Å². The van der Waals surface area contributed by atoms with Crippen molar-refractivity contribution in [3.05, 3.63) is 59.7 Å². The highest BCUT2D eigenvalue weighted by molar-refractivity contribution is 5.93. The summed E-state index contributed by atoms with van der Waals surface area (Å²) in [6, 6.07) is 9.34. The molecule has 0 saturated heterocycles. The van der Waals surface area contributed by atoms with E-state index in [9.17, 15) is 13.6 Å². The van der Waals surface area contributed by atoms with E-state index in [-0.39, 0.29) is 23.7 Å². The molecule has 0 aliphatic carbocycles. The molecule has 2 atom stereocenters. The van der Waals surface area contributed by atoms with E-state index in [1.807, 2.05) is 6.92 Å². The molecule has 0 spiro atoms. The number of carbonyl (C=O) groups excluding carboxylic acids is 1. The molecule has 2 aromatic carbocycles. The van der Waals surface area contributed by atoms with Crippen molar-refractivity contribution in [2.45, 2.75) is 25.4 Å². The molecule has 6 heteroatoms. The number of carbonyl (C=O) groups is 1. The predicted octanol–water partition coefficient (Wildman–Crippen LogP) is 3.80. The summed E-state index contributed by atoms with van der Waals surface area (Å²) >= 11 is 0. The maximum atomic E-state index is 13.7. The Morgan fingerprint density at radius 1 is 1.17 bits per heavy atom. The van der Waals surface area contributed by atoms with Gasteiger partial charge < -0.3 is 11.1 Å². The third-order valence-corrected chi connectivity index (χ3v) is 4.06. The number of primary amides is 1. The number of rotatable bonds is 2. The van der Waals surface area contributed by atoms with Gasteiger partial charge in [0.05, 0.1) is 11.7 Å². The number of anilines is 2. The molecule has 0 saturated carbocycles. The highest BCUT2D eigenvalue weighted by Gasteiger charge is 2.33. The van der Waals surface area contributed by atoms with Crippen LogP contribution in [0.25, 0.3) is 0 Å². The first-order valence-corrected chi connectivity index (χ1v) is 7.36. The molecule has 0 aromatic heterocycles. The van der Waals surface area contributed by atoms with Gasteiger partial charge in [0.15, 0.2) is 0 Å². The zero-order chi connectivity index (χ0) is 16.6. The quantitative estimate of drug-likeness (QED) is 0.885. The molecule has 0 bridgehead atoms. The molecule has 1 aliphatic heterocycles. The maximum Gasteiger partial charge on any atom is 0.319 e. The first-order valence-electron chi connectivity index (χ1n) is 7.36. The van der Waals surface area contributed by atoms with Gasteiger partial charge in [-0.3, -0.25) is 4.90 Å². The molecule has 3 rings (SSSR count). The van der Waals surface area contributed by atoms with Gasteiger partial charge in [0.2, 0.25) is 0 Å². The molecule has 2 unspecified atom stereocenters. The third-order valence-electron chi connectivity index (χ3n) is 4.06. The number of halogens is 2. The number of benzene rings is 2. The van der Waals surface area contributed by atoms with Gasteiger partial charge >= 0.3 is 6.03 Å². The van der Waals surface area contributed by atoms with Crippen LogP contribution in [0.15, 0.2) is 42.5 Å². The van der Waals surface area contributed by atoms with Gasteiger partial charge in [-0.05, 0) is 55.8 Å². The summed E-state index contributed by atoms with van der Waals surface area (Å²) in [7, 11) is 0. The lowest BCUT2D eigenvalue weighted by molar-refractivity contribution is 0.250. The number of urea groups is 1. The Balaban J connectivity index is 1.98. The van der Waals surface area contributed by atoms with Gasteiger partial charge in [0.1, 0.15) is 11.6 Å². The lowest BCUT2D eigenvalue weighted by atomic mass is 9.91. The largest absolute Gasteiger partial charge is 0.378 e. The van der Waals surface area contributed by atoms with Crippen LogP contribution in [0.2, 0.25) is 0 Å². The Morgan fingerprint density at radius 2 is 1.83 bits per heavy atom. The van der Waals surface area contributed by atoms with Crippen LogP contribution in [0.4, 0.5) is 25.0 Å². The van der Waals surface area contributed by atoms with Gasteiger partial charge in [0.25, 0.3) is 0 Å². The number of nitrogens with two attached hydrogens (primary N) is 1. The van der Waals surface area contributed by atoms with Crippen LogP contribution in [0.1, 0.15) is 24.9 Å². The summed E-state index contributed by atoms with van der Waals surface area (Å²) in [6.07, 6.45) is 0.566. The second kappa shape index (κ2) is 5.87. The van der Waals surface area contributed by atoms with E-state index in [1.165, 1.54) is 29.2 Å². The molecule has 120 valence electrons. The molecular formula is C17H17F2N3O. The van der Waals surface area contributed by atoms with Crippen molar-refractivity contribution in [2.24, 2.45) is 5.73 Å². The number of hydrogen-bond donors (Lipinski definition) is 2. The topological polar surface area (TPSA) is 58.4 Å². The first-order chi connectivity index (χ1) is 11.0. The van der Waals surface area contributed by atoms with Gasteiger partial charge in [-0.1, -0.05) is 0 Å². The minimum absolute atomic E-state index is 0.136.